The topological polar surface area (TPSA) is 98.7 Å². The standard InChI is InChI=1S/C26H33N3O4S/c30-21-8-11-24-19(14-21)15-25(28-24)26(31)27-17-18-6-9-22(10-7-18)34(32,33)23-5-3-4-20(16-23)29-12-1-2-13-29/h3-7,9-10,16,19,21,24-25,28,30H,1-2,8,11-15,17H2,(H,27,31). The highest BCUT2D eigenvalue weighted by Gasteiger charge is 2.40. The average Bonchev–Trinajstić information content (AvgIpc) is 3.53. The minimum Gasteiger partial charge on any atom is -0.393 e. The molecule has 3 aliphatic rings. The molecule has 3 N–H and O–H groups in total. The molecule has 1 saturated carbocycles. The van der Waals surface area contributed by atoms with Crippen LogP contribution in [0.25, 0.3) is 0 Å². The fourth-order valence-corrected chi connectivity index (χ4v) is 6.89. The van der Waals surface area contributed by atoms with Gasteiger partial charge in [-0.2, -0.15) is 0 Å². The van der Waals surface area contributed by atoms with Crippen molar-refractivity contribution in [2.75, 3.05) is 18.0 Å². The van der Waals surface area contributed by atoms with Crippen molar-refractivity contribution < 1.29 is 18.3 Å². The van der Waals surface area contributed by atoms with Crippen LogP contribution in [0.5, 0.6) is 0 Å². The summed E-state index contributed by atoms with van der Waals surface area (Å²) in [4.78, 5) is 15.4. The smallest absolute Gasteiger partial charge is 0.237 e. The number of carbonyl (C=O) groups is 1. The van der Waals surface area contributed by atoms with Crippen LogP contribution < -0.4 is 15.5 Å². The van der Waals surface area contributed by atoms with Crippen molar-refractivity contribution in [1.82, 2.24) is 10.6 Å². The number of nitrogens with zero attached hydrogens (tertiary/aromatic N) is 1. The molecule has 2 aromatic rings. The van der Waals surface area contributed by atoms with Gasteiger partial charge in [0.2, 0.25) is 15.7 Å². The van der Waals surface area contributed by atoms with E-state index in [2.05, 4.69) is 15.5 Å². The lowest BCUT2D eigenvalue weighted by atomic mass is 9.83. The van der Waals surface area contributed by atoms with E-state index in [1.54, 1.807) is 42.5 Å². The first-order chi connectivity index (χ1) is 16.4. The molecule has 0 radical (unpaired) electrons. The lowest BCUT2D eigenvalue weighted by Gasteiger charge is -2.28. The summed E-state index contributed by atoms with van der Waals surface area (Å²) in [5.74, 6) is 0.312. The maximum atomic E-state index is 13.2. The van der Waals surface area contributed by atoms with E-state index in [0.717, 1.165) is 62.9 Å². The highest BCUT2D eigenvalue weighted by atomic mass is 32.2. The van der Waals surface area contributed by atoms with Crippen molar-refractivity contribution in [2.45, 2.75) is 73.0 Å². The van der Waals surface area contributed by atoms with Crippen molar-refractivity contribution in [3.8, 4) is 0 Å². The van der Waals surface area contributed by atoms with E-state index in [1.165, 1.54) is 0 Å². The van der Waals surface area contributed by atoms with Crippen LogP contribution in [0.1, 0.15) is 44.1 Å². The zero-order valence-corrected chi connectivity index (χ0v) is 20.1. The second-order valence-corrected chi connectivity index (χ2v) is 11.8. The molecule has 34 heavy (non-hydrogen) atoms. The average molecular weight is 484 g/mol. The van der Waals surface area contributed by atoms with Gasteiger partial charge in [-0.1, -0.05) is 18.2 Å². The molecular weight excluding hydrogens is 450 g/mol. The molecule has 7 nitrogen and oxygen atoms in total. The molecule has 8 heteroatoms. The Bertz CT molecular complexity index is 1130. The van der Waals surface area contributed by atoms with Crippen LogP contribution in [0.4, 0.5) is 5.69 Å². The predicted octanol–water partition coefficient (Wildman–Crippen LogP) is 2.63. The quantitative estimate of drug-likeness (QED) is 0.584. The summed E-state index contributed by atoms with van der Waals surface area (Å²) in [7, 11) is -3.61. The number of amides is 1. The third kappa shape index (κ3) is 4.85. The van der Waals surface area contributed by atoms with E-state index in [0.29, 0.717) is 23.4 Å². The first kappa shape index (κ1) is 23.3. The van der Waals surface area contributed by atoms with E-state index in [4.69, 9.17) is 0 Å². The van der Waals surface area contributed by atoms with Gasteiger partial charge in [0.1, 0.15) is 0 Å². The normalized spacial score (nSPS) is 26.9. The van der Waals surface area contributed by atoms with Crippen molar-refractivity contribution in [3.63, 3.8) is 0 Å². The van der Waals surface area contributed by atoms with Crippen LogP contribution >= 0.6 is 0 Å². The van der Waals surface area contributed by atoms with Gasteiger partial charge in [0.15, 0.2) is 0 Å². The summed E-state index contributed by atoms with van der Waals surface area (Å²) in [6.45, 7) is 2.27. The maximum Gasteiger partial charge on any atom is 0.237 e. The molecule has 0 aromatic heterocycles. The summed E-state index contributed by atoms with van der Waals surface area (Å²) in [5, 5.41) is 16.3. The molecule has 4 atom stereocenters. The number of aliphatic hydroxyl groups is 1. The van der Waals surface area contributed by atoms with E-state index in [9.17, 15) is 18.3 Å². The van der Waals surface area contributed by atoms with Crippen molar-refractivity contribution in [3.05, 3.63) is 54.1 Å². The molecule has 0 bridgehead atoms. The molecule has 3 fully saturated rings. The van der Waals surface area contributed by atoms with Crippen molar-refractivity contribution >= 4 is 21.4 Å². The monoisotopic (exact) mass is 483 g/mol. The predicted molar refractivity (Wildman–Crippen MR) is 130 cm³/mol. The molecule has 1 amide bonds. The third-order valence-electron chi connectivity index (χ3n) is 7.52. The number of rotatable bonds is 6. The first-order valence-corrected chi connectivity index (χ1v) is 13.8. The minimum absolute atomic E-state index is 0.0423. The number of fused-ring (bicyclic) bond motifs is 1. The van der Waals surface area contributed by atoms with Gasteiger partial charge in [-0.05, 0) is 80.3 Å². The summed E-state index contributed by atoms with van der Waals surface area (Å²) in [6.07, 6.45) is 5.24. The largest absolute Gasteiger partial charge is 0.393 e. The highest BCUT2D eigenvalue weighted by molar-refractivity contribution is 7.91. The Morgan fingerprint density at radius 3 is 2.56 bits per heavy atom. The van der Waals surface area contributed by atoms with Crippen molar-refractivity contribution in [2.24, 2.45) is 5.92 Å². The first-order valence-electron chi connectivity index (χ1n) is 12.3. The lowest BCUT2D eigenvalue weighted by molar-refractivity contribution is -0.123. The molecule has 0 spiro atoms. The van der Waals surface area contributed by atoms with Crippen molar-refractivity contribution in [1.29, 1.82) is 0 Å². The van der Waals surface area contributed by atoms with Crippen LogP contribution in [0.15, 0.2) is 58.3 Å². The minimum atomic E-state index is -3.61. The van der Waals surface area contributed by atoms with E-state index < -0.39 is 9.84 Å². The van der Waals surface area contributed by atoms with Gasteiger partial charge in [-0.25, -0.2) is 8.42 Å². The Balaban J connectivity index is 1.20. The summed E-state index contributed by atoms with van der Waals surface area (Å²) in [5.41, 5.74) is 1.80. The Labute approximate surface area is 201 Å². The van der Waals surface area contributed by atoms with E-state index >= 15 is 0 Å². The Hall–Kier alpha value is -2.42. The molecular formula is C26H33N3O4S. The summed E-state index contributed by atoms with van der Waals surface area (Å²) in [6, 6.07) is 14.0. The molecule has 2 aliphatic heterocycles. The third-order valence-corrected chi connectivity index (χ3v) is 9.29. The lowest BCUT2D eigenvalue weighted by Crippen LogP contribution is -2.43. The molecule has 2 saturated heterocycles. The number of hydrogen-bond donors (Lipinski definition) is 3. The Kier molecular flexibility index (Phi) is 6.64. The summed E-state index contributed by atoms with van der Waals surface area (Å²) >= 11 is 0. The SMILES string of the molecule is O=C(NCc1ccc(S(=O)(=O)c2cccc(N3CCCC3)c2)cc1)C1CC2CC(O)CCC2N1. The summed E-state index contributed by atoms with van der Waals surface area (Å²) < 4.78 is 26.4. The van der Waals surface area contributed by atoms with Crippen LogP contribution in [0.3, 0.4) is 0 Å². The second-order valence-electron chi connectivity index (χ2n) is 9.85. The number of anilines is 1. The zero-order chi connectivity index (χ0) is 23.7. The van der Waals surface area contributed by atoms with Gasteiger partial charge in [0.25, 0.3) is 0 Å². The fraction of sp³-hybridized carbons (Fsp3) is 0.500. The number of benzene rings is 2. The molecule has 4 unspecified atom stereocenters. The Morgan fingerprint density at radius 2 is 1.79 bits per heavy atom. The molecule has 182 valence electrons. The number of aliphatic hydroxyl groups excluding tert-OH is 1. The van der Waals surface area contributed by atoms with Gasteiger partial charge in [-0.3, -0.25) is 4.79 Å². The molecule has 1 aliphatic carbocycles. The Morgan fingerprint density at radius 1 is 1.03 bits per heavy atom. The highest BCUT2D eigenvalue weighted by Crippen LogP contribution is 2.33. The van der Waals surface area contributed by atoms with Gasteiger partial charge in [-0.15, -0.1) is 0 Å². The number of hydrogen-bond acceptors (Lipinski definition) is 6. The van der Waals surface area contributed by atoms with Gasteiger partial charge in [0, 0.05) is 31.4 Å². The molecule has 2 aromatic carbocycles. The van der Waals surface area contributed by atoms with Crippen LogP contribution in [0.2, 0.25) is 0 Å². The number of sulfone groups is 1. The zero-order valence-electron chi connectivity index (χ0n) is 19.3. The molecule has 5 rings (SSSR count). The van der Waals surface area contributed by atoms with E-state index in [1.807, 2.05) is 6.07 Å². The van der Waals surface area contributed by atoms with Gasteiger partial charge < -0.3 is 20.6 Å². The second kappa shape index (κ2) is 9.68. The maximum absolute atomic E-state index is 13.2. The van der Waals surface area contributed by atoms with E-state index in [-0.39, 0.29) is 22.9 Å². The van der Waals surface area contributed by atoms with Crippen LogP contribution in [-0.4, -0.2) is 50.7 Å². The molecule has 2 heterocycles. The van der Waals surface area contributed by atoms with Gasteiger partial charge >= 0.3 is 0 Å². The van der Waals surface area contributed by atoms with Crippen LogP contribution in [0, 0.1) is 5.92 Å². The number of nitrogens with one attached hydrogen (secondary N) is 2. The fourth-order valence-electron chi connectivity index (χ4n) is 5.59. The van der Waals surface area contributed by atoms with Crippen LogP contribution in [-0.2, 0) is 21.2 Å². The number of carbonyl (C=O) groups excluding carboxylic acids is 1. The van der Waals surface area contributed by atoms with Gasteiger partial charge in [0.05, 0.1) is 21.9 Å².